The molecule has 3 nitrogen and oxygen atoms in total. The molecule has 1 aromatic rings. The largest absolute Gasteiger partial charge is 0.465 e. The van der Waals surface area contributed by atoms with Crippen LogP contribution in [0.3, 0.4) is 0 Å². The number of hydrogen-bond donors (Lipinski definition) is 1. The lowest BCUT2D eigenvalue weighted by Crippen LogP contribution is -2.25. The van der Waals surface area contributed by atoms with Crippen molar-refractivity contribution in [1.29, 1.82) is 0 Å². The fourth-order valence-electron chi connectivity index (χ4n) is 2.25. The molecule has 0 aliphatic heterocycles. The first-order chi connectivity index (χ1) is 8.53. The van der Waals surface area contributed by atoms with Gasteiger partial charge in [0, 0.05) is 17.2 Å². The van der Waals surface area contributed by atoms with Gasteiger partial charge >= 0.3 is 5.97 Å². The summed E-state index contributed by atoms with van der Waals surface area (Å²) in [6, 6.07) is 4.68. The van der Waals surface area contributed by atoms with E-state index in [2.05, 4.69) is 0 Å². The van der Waals surface area contributed by atoms with Crippen molar-refractivity contribution in [2.24, 2.45) is 5.73 Å². The number of esters is 1. The molecule has 0 amide bonds. The topological polar surface area (TPSA) is 52.3 Å². The molecular weight excluding hydrogens is 269 g/mol. The molecule has 0 heterocycles. The molecule has 5 heteroatoms. The first-order valence-electron chi connectivity index (χ1n) is 6.24. The minimum absolute atomic E-state index is 0. The van der Waals surface area contributed by atoms with Crippen molar-refractivity contribution in [1.82, 2.24) is 0 Å². The van der Waals surface area contributed by atoms with Crippen molar-refractivity contribution >= 4 is 18.4 Å². The molecule has 2 rings (SSSR count). The van der Waals surface area contributed by atoms with E-state index in [1.807, 2.05) is 0 Å². The highest BCUT2D eigenvalue weighted by molar-refractivity contribution is 5.86. The van der Waals surface area contributed by atoms with Crippen LogP contribution in [-0.4, -0.2) is 12.6 Å². The highest BCUT2D eigenvalue weighted by Gasteiger charge is 2.54. The number of benzene rings is 1. The normalized spacial score (nSPS) is 17.3. The van der Waals surface area contributed by atoms with Crippen LogP contribution >= 0.6 is 12.4 Å². The fraction of sp³-hybridized carbons (Fsp3) is 0.500. The summed E-state index contributed by atoms with van der Waals surface area (Å²) in [6.45, 7) is 3.80. The molecule has 19 heavy (non-hydrogen) atoms. The Morgan fingerprint density at radius 2 is 2.16 bits per heavy atom. The van der Waals surface area contributed by atoms with Gasteiger partial charge in [-0.3, -0.25) is 4.79 Å². The lowest BCUT2D eigenvalue weighted by molar-refractivity contribution is -0.146. The van der Waals surface area contributed by atoms with Crippen molar-refractivity contribution in [3.8, 4) is 0 Å². The molecule has 1 fully saturated rings. The molecule has 1 saturated carbocycles. The third-order valence-electron chi connectivity index (χ3n) is 3.45. The molecule has 0 aromatic heterocycles. The first kappa shape index (κ1) is 15.9. The van der Waals surface area contributed by atoms with Crippen LogP contribution in [0, 0.1) is 5.82 Å². The second-order valence-electron chi connectivity index (χ2n) is 4.80. The van der Waals surface area contributed by atoms with E-state index in [1.54, 1.807) is 32.0 Å². The zero-order chi connectivity index (χ0) is 13.3. The van der Waals surface area contributed by atoms with Crippen LogP contribution in [0.4, 0.5) is 4.39 Å². The number of hydrogen-bond acceptors (Lipinski definition) is 3. The smallest absolute Gasteiger partial charge is 0.316 e. The predicted octanol–water partition coefficient (Wildman–Crippen LogP) is 2.86. The Balaban J connectivity index is 0.00000180. The molecule has 1 atom stereocenters. The van der Waals surface area contributed by atoms with Gasteiger partial charge in [0.1, 0.15) is 5.82 Å². The summed E-state index contributed by atoms with van der Waals surface area (Å²) in [5.41, 5.74) is 5.83. The fourth-order valence-corrected chi connectivity index (χ4v) is 2.25. The average molecular weight is 288 g/mol. The second-order valence-corrected chi connectivity index (χ2v) is 4.80. The van der Waals surface area contributed by atoms with Gasteiger partial charge in [0.05, 0.1) is 12.0 Å². The molecule has 0 radical (unpaired) electrons. The Bertz CT molecular complexity index is 473. The number of halogens is 2. The highest BCUT2D eigenvalue weighted by Crippen LogP contribution is 2.50. The number of rotatable bonds is 4. The molecule has 1 aliphatic rings. The van der Waals surface area contributed by atoms with E-state index in [4.69, 9.17) is 10.5 Å². The van der Waals surface area contributed by atoms with Gasteiger partial charge in [0.15, 0.2) is 0 Å². The Hall–Kier alpha value is -1.13. The van der Waals surface area contributed by atoms with Crippen molar-refractivity contribution in [3.63, 3.8) is 0 Å². The van der Waals surface area contributed by atoms with E-state index in [-0.39, 0.29) is 30.2 Å². The zero-order valence-corrected chi connectivity index (χ0v) is 11.9. The maximum absolute atomic E-state index is 14.4. The van der Waals surface area contributed by atoms with Gasteiger partial charge in [0.25, 0.3) is 0 Å². The van der Waals surface area contributed by atoms with Crippen LogP contribution in [0.25, 0.3) is 0 Å². The number of nitrogens with two attached hydrogens (primary N) is 1. The monoisotopic (exact) mass is 287 g/mol. The third kappa shape index (κ3) is 2.74. The molecule has 106 valence electrons. The first-order valence-corrected chi connectivity index (χ1v) is 6.24. The molecule has 1 aromatic carbocycles. The molecule has 0 saturated heterocycles. The summed E-state index contributed by atoms with van der Waals surface area (Å²) in [5, 5.41) is 0. The van der Waals surface area contributed by atoms with Gasteiger partial charge in [-0.1, -0.05) is 18.2 Å². The van der Waals surface area contributed by atoms with Gasteiger partial charge in [0.2, 0.25) is 0 Å². The maximum Gasteiger partial charge on any atom is 0.316 e. The summed E-state index contributed by atoms with van der Waals surface area (Å²) in [7, 11) is 0. The Labute approximate surface area is 118 Å². The van der Waals surface area contributed by atoms with Gasteiger partial charge < -0.3 is 10.5 Å². The highest BCUT2D eigenvalue weighted by atomic mass is 35.5. The minimum Gasteiger partial charge on any atom is -0.465 e. The van der Waals surface area contributed by atoms with Gasteiger partial charge in [-0.25, -0.2) is 4.39 Å². The summed E-state index contributed by atoms with van der Waals surface area (Å²) in [6.07, 6.45) is 1.29. The van der Waals surface area contributed by atoms with Gasteiger partial charge in [-0.05, 0) is 26.7 Å². The van der Waals surface area contributed by atoms with Gasteiger partial charge in [-0.15, -0.1) is 12.4 Å². The summed E-state index contributed by atoms with van der Waals surface area (Å²) in [5.74, 6) is -0.691. The maximum atomic E-state index is 14.4. The molecule has 0 bridgehead atoms. The second kappa shape index (κ2) is 5.88. The number of ether oxygens (including phenoxy) is 1. The SMILES string of the molecule is CCOC(=O)C1(c2cccc(C(C)N)c2F)CC1.Cl. The van der Waals surface area contributed by atoms with E-state index in [0.29, 0.717) is 30.6 Å². The summed E-state index contributed by atoms with van der Waals surface area (Å²) in [4.78, 5) is 11.9. The van der Waals surface area contributed by atoms with Crippen LogP contribution in [0.5, 0.6) is 0 Å². The van der Waals surface area contributed by atoms with E-state index in [0.717, 1.165) is 0 Å². The van der Waals surface area contributed by atoms with Crippen LogP contribution in [0.15, 0.2) is 18.2 Å². The van der Waals surface area contributed by atoms with Gasteiger partial charge in [-0.2, -0.15) is 0 Å². The van der Waals surface area contributed by atoms with E-state index in [1.165, 1.54) is 0 Å². The standard InChI is InChI=1S/C14H18FNO2.ClH/c1-3-18-13(17)14(7-8-14)11-6-4-5-10(9(2)16)12(11)15;/h4-6,9H,3,7-8,16H2,1-2H3;1H. The van der Waals surface area contributed by atoms with Crippen molar-refractivity contribution in [2.45, 2.75) is 38.1 Å². The summed E-state index contributed by atoms with van der Waals surface area (Å²) < 4.78 is 19.4. The van der Waals surface area contributed by atoms with E-state index >= 15 is 0 Å². The third-order valence-corrected chi connectivity index (χ3v) is 3.45. The van der Waals surface area contributed by atoms with Crippen LogP contribution < -0.4 is 5.73 Å². The minimum atomic E-state index is -0.773. The Morgan fingerprint density at radius 1 is 1.53 bits per heavy atom. The lowest BCUT2D eigenvalue weighted by atomic mass is 9.92. The molecular formula is C14H19ClFNO2. The van der Waals surface area contributed by atoms with Crippen LogP contribution in [0.2, 0.25) is 0 Å². The molecule has 1 aliphatic carbocycles. The number of carbonyl (C=O) groups is 1. The van der Waals surface area contributed by atoms with E-state index in [9.17, 15) is 9.18 Å². The zero-order valence-electron chi connectivity index (χ0n) is 11.1. The number of carbonyl (C=O) groups excluding carboxylic acids is 1. The van der Waals surface area contributed by atoms with Crippen molar-refractivity contribution < 1.29 is 13.9 Å². The van der Waals surface area contributed by atoms with Crippen LogP contribution in [0.1, 0.15) is 43.9 Å². The lowest BCUT2D eigenvalue weighted by Gasteiger charge is -2.17. The van der Waals surface area contributed by atoms with Crippen molar-refractivity contribution in [3.05, 3.63) is 35.1 Å². The quantitative estimate of drug-likeness (QED) is 0.867. The van der Waals surface area contributed by atoms with Crippen molar-refractivity contribution in [2.75, 3.05) is 6.61 Å². The predicted molar refractivity (Wildman–Crippen MR) is 73.8 cm³/mol. The molecule has 2 N–H and O–H groups in total. The Morgan fingerprint density at radius 3 is 2.63 bits per heavy atom. The average Bonchev–Trinajstić information content (AvgIpc) is 3.10. The Kier molecular flexibility index (Phi) is 4.93. The molecule has 1 unspecified atom stereocenters. The molecule has 0 spiro atoms. The van der Waals surface area contributed by atoms with E-state index < -0.39 is 5.41 Å². The van der Waals surface area contributed by atoms with Crippen LogP contribution in [-0.2, 0) is 14.9 Å². The summed E-state index contributed by atoms with van der Waals surface area (Å²) >= 11 is 0.